The van der Waals surface area contributed by atoms with Gasteiger partial charge in [-0.2, -0.15) is 5.26 Å². The maximum atomic E-state index is 11.9. The molecule has 0 radical (unpaired) electrons. The molecule has 1 heterocycles. The Balaban J connectivity index is 2.46. The highest BCUT2D eigenvalue weighted by Crippen LogP contribution is 2.22. The van der Waals surface area contributed by atoms with Gasteiger partial charge in [0.05, 0.1) is 19.2 Å². The first-order valence-electron chi connectivity index (χ1n) is 6.67. The van der Waals surface area contributed by atoms with Gasteiger partial charge in [-0.25, -0.2) is 0 Å². The molecule has 0 saturated carbocycles. The average molecular weight is 309 g/mol. The topological polar surface area (TPSA) is 82.4 Å². The van der Waals surface area contributed by atoms with Crippen molar-refractivity contribution < 1.29 is 14.3 Å². The van der Waals surface area contributed by atoms with Gasteiger partial charge in [0.25, 0.3) is 0 Å². The summed E-state index contributed by atoms with van der Waals surface area (Å²) in [6, 6.07) is 3.69. The first kappa shape index (κ1) is 17.1. The smallest absolute Gasteiger partial charge is 0.319 e. The van der Waals surface area contributed by atoms with E-state index in [-0.39, 0.29) is 24.8 Å². The lowest BCUT2D eigenvalue weighted by Gasteiger charge is -2.19. The number of anilines is 1. The van der Waals surface area contributed by atoms with E-state index in [1.807, 2.05) is 17.9 Å². The molecule has 0 fully saturated rings. The minimum absolute atomic E-state index is 0.167. The van der Waals surface area contributed by atoms with Gasteiger partial charge in [-0.15, -0.1) is 11.3 Å². The lowest BCUT2D eigenvalue weighted by Crippen LogP contribution is -2.33. The molecule has 0 aliphatic carbocycles. The Hall–Kier alpha value is -1.91. The maximum absolute atomic E-state index is 11.9. The number of ether oxygens (including phenoxy) is 1. The molecule has 1 N–H and O–H groups in total. The summed E-state index contributed by atoms with van der Waals surface area (Å²) in [4.78, 5) is 25.0. The van der Waals surface area contributed by atoms with E-state index in [1.54, 1.807) is 11.4 Å². The van der Waals surface area contributed by atoms with E-state index in [4.69, 9.17) is 5.26 Å². The minimum atomic E-state index is -0.311. The van der Waals surface area contributed by atoms with E-state index in [0.29, 0.717) is 17.1 Å². The fourth-order valence-electron chi connectivity index (χ4n) is 1.78. The number of nitrogens with zero attached hydrogens (tertiary/aromatic N) is 2. The number of carbonyl (C=O) groups excluding carboxylic acids is 2. The van der Waals surface area contributed by atoms with Gasteiger partial charge in [-0.3, -0.25) is 14.5 Å². The van der Waals surface area contributed by atoms with Gasteiger partial charge in [-0.1, -0.05) is 6.92 Å². The van der Waals surface area contributed by atoms with Gasteiger partial charge in [0.2, 0.25) is 5.91 Å². The first-order chi connectivity index (χ1) is 10.1. The summed E-state index contributed by atoms with van der Waals surface area (Å²) in [5.41, 5.74) is 0.466. The van der Waals surface area contributed by atoms with Crippen LogP contribution in [0.3, 0.4) is 0 Å². The van der Waals surface area contributed by atoms with Crippen molar-refractivity contribution in [2.45, 2.75) is 19.8 Å². The van der Waals surface area contributed by atoms with Gasteiger partial charge in [0, 0.05) is 13.0 Å². The van der Waals surface area contributed by atoms with Gasteiger partial charge < -0.3 is 10.1 Å². The minimum Gasteiger partial charge on any atom is -0.468 e. The Kier molecular flexibility index (Phi) is 7.43. The van der Waals surface area contributed by atoms with Crippen molar-refractivity contribution in [3.05, 3.63) is 17.0 Å². The SMILES string of the molecule is CCCN(CCC(=O)Nc1sccc1C#N)CC(=O)OC. The van der Waals surface area contributed by atoms with Crippen molar-refractivity contribution in [2.75, 3.05) is 32.1 Å². The van der Waals surface area contributed by atoms with Crippen LogP contribution in [0.1, 0.15) is 25.3 Å². The van der Waals surface area contributed by atoms with Crippen LogP contribution < -0.4 is 5.32 Å². The quantitative estimate of drug-likeness (QED) is 0.741. The van der Waals surface area contributed by atoms with Crippen LogP contribution in [0.4, 0.5) is 5.00 Å². The summed E-state index contributed by atoms with van der Waals surface area (Å²) in [6.45, 7) is 3.39. The third-order valence-corrected chi connectivity index (χ3v) is 3.64. The second-order valence-corrected chi connectivity index (χ2v) is 5.34. The van der Waals surface area contributed by atoms with E-state index >= 15 is 0 Å². The average Bonchev–Trinajstić information content (AvgIpc) is 2.92. The van der Waals surface area contributed by atoms with Crippen LogP contribution in [0, 0.1) is 11.3 Å². The number of hydrogen-bond acceptors (Lipinski definition) is 6. The molecule has 0 aliphatic heterocycles. The molecule has 6 nitrogen and oxygen atoms in total. The molecule has 21 heavy (non-hydrogen) atoms. The van der Waals surface area contributed by atoms with Crippen LogP contribution in [0.2, 0.25) is 0 Å². The second-order valence-electron chi connectivity index (χ2n) is 4.43. The first-order valence-corrected chi connectivity index (χ1v) is 7.55. The van der Waals surface area contributed by atoms with Crippen molar-refractivity contribution in [3.8, 4) is 6.07 Å². The Bertz CT molecular complexity index is 522. The van der Waals surface area contributed by atoms with Crippen molar-refractivity contribution >= 4 is 28.2 Å². The van der Waals surface area contributed by atoms with Crippen LogP contribution in [-0.2, 0) is 14.3 Å². The van der Waals surface area contributed by atoms with Crippen molar-refractivity contribution in [2.24, 2.45) is 0 Å². The number of esters is 1. The van der Waals surface area contributed by atoms with Crippen molar-refractivity contribution in [1.29, 1.82) is 5.26 Å². The van der Waals surface area contributed by atoms with E-state index in [0.717, 1.165) is 13.0 Å². The van der Waals surface area contributed by atoms with E-state index < -0.39 is 0 Å². The normalized spacial score (nSPS) is 10.2. The van der Waals surface area contributed by atoms with Crippen molar-refractivity contribution in [1.82, 2.24) is 4.90 Å². The van der Waals surface area contributed by atoms with Crippen LogP contribution in [-0.4, -0.2) is 43.5 Å². The van der Waals surface area contributed by atoms with Crippen LogP contribution in [0.5, 0.6) is 0 Å². The zero-order chi connectivity index (χ0) is 15.7. The van der Waals surface area contributed by atoms with Gasteiger partial charge in [0.15, 0.2) is 0 Å². The highest BCUT2D eigenvalue weighted by Gasteiger charge is 2.13. The number of nitrogens with one attached hydrogen (secondary N) is 1. The maximum Gasteiger partial charge on any atom is 0.319 e. The molecule has 0 atom stereocenters. The summed E-state index contributed by atoms with van der Waals surface area (Å²) < 4.78 is 4.63. The molecule has 0 aliphatic rings. The molecular formula is C14H19N3O3S. The highest BCUT2D eigenvalue weighted by atomic mass is 32.1. The van der Waals surface area contributed by atoms with Gasteiger partial charge >= 0.3 is 5.97 Å². The largest absolute Gasteiger partial charge is 0.468 e. The lowest BCUT2D eigenvalue weighted by molar-refractivity contribution is -0.142. The summed E-state index contributed by atoms with van der Waals surface area (Å²) in [7, 11) is 1.35. The molecule has 1 amide bonds. The third kappa shape index (κ3) is 5.94. The van der Waals surface area contributed by atoms with Gasteiger partial charge in [0.1, 0.15) is 11.1 Å². The number of hydrogen-bond donors (Lipinski definition) is 1. The molecule has 0 aromatic carbocycles. The molecule has 0 unspecified atom stereocenters. The Morgan fingerprint density at radius 1 is 1.48 bits per heavy atom. The Morgan fingerprint density at radius 2 is 2.24 bits per heavy atom. The fraction of sp³-hybridized carbons (Fsp3) is 0.500. The highest BCUT2D eigenvalue weighted by molar-refractivity contribution is 7.14. The number of methoxy groups -OCH3 is 1. The monoisotopic (exact) mass is 309 g/mol. The molecular weight excluding hydrogens is 290 g/mol. The standard InChI is InChI=1S/C14H19N3O3S/c1-3-6-17(10-13(19)20-2)7-4-12(18)16-14-11(9-15)5-8-21-14/h5,8H,3-4,6-7,10H2,1-2H3,(H,16,18). The number of carbonyl (C=O) groups is 2. The molecule has 114 valence electrons. The molecule has 0 bridgehead atoms. The second kappa shape index (κ2) is 9.10. The molecule has 1 rings (SSSR count). The van der Waals surface area contributed by atoms with Crippen LogP contribution >= 0.6 is 11.3 Å². The zero-order valence-electron chi connectivity index (χ0n) is 12.2. The van der Waals surface area contributed by atoms with Crippen LogP contribution in [0.15, 0.2) is 11.4 Å². The van der Waals surface area contributed by atoms with E-state index in [1.165, 1.54) is 18.4 Å². The Morgan fingerprint density at radius 3 is 2.86 bits per heavy atom. The van der Waals surface area contributed by atoms with Crippen LogP contribution in [0.25, 0.3) is 0 Å². The molecule has 0 spiro atoms. The lowest BCUT2D eigenvalue weighted by atomic mass is 10.3. The zero-order valence-corrected chi connectivity index (χ0v) is 13.0. The molecule has 1 aromatic rings. The number of nitriles is 1. The molecule has 1 aromatic heterocycles. The van der Waals surface area contributed by atoms with Crippen molar-refractivity contribution in [3.63, 3.8) is 0 Å². The fourth-order valence-corrected chi connectivity index (χ4v) is 2.53. The molecule has 7 heteroatoms. The van der Waals surface area contributed by atoms with Gasteiger partial charge in [-0.05, 0) is 24.4 Å². The number of thiophene rings is 1. The predicted molar refractivity (Wildman–Crippen MR) is 81.0 cm³/mol. The van der Waals surface area contributed by atoms with E-state index in [2.05, 4.69) is 10.1 Å². The van der Waals surface area contributed by atoms with E-state index in [9.17, 15) is 9.59 Å². The Labute approximate surface area is 128 Å². The summed E-state index contributed by atoms with van der Waals surface area (Å²) in [5.74, 6) is -0.478. The number of amides is 1. The summed E-state index contributed by atoms with van der Waals surface area (Å²) >= 11 is 1.32. The third-order valence-electron chi connectivity index (χ3n) is 2.81. The summed E-state index contributed by atoms with van der Waals surface area (Å²) in [5, 5.41) is 13.9. The summed E-state index contributed by atoms with van der Waals surface area (Å²) in [6.07, 6.45) is 1.15. The predicted octanol–water partition coefficient (Wildman–Crippen LogP) is 1.83. The molecule has 0 saturated heterocycles. The number of rotatable bonds is 8.